The molecule has 0 N–H and O–H groups in total. The van der Waals surface area contributed by atoms with Gasteiger partial charge < -0.3 is 9.80 Å². The van der Waals surface area contributed by atoms with E-state index in [0.29, 0.717) is 30.2 Å². The van der Waals surface area contributed by atoms with Gasteiger partial charge >= 0.3 is 0 Å². The summed E-state index contributed by atoms with van der Waals surface area (Å²) in [5, 5.41) is 10.8. The molecule has 0 spiro atoms. The summed E-state index contributed by atoms with van der Waals surface area (Å²) >= 11 is 6.01. The van der Waals surface area contributed by atoms with E-state index in [2.05, 4.69) is 38.6 Å². The fourth-order valence-corrected chi connectivity index (χ4v) is 5.00. The van der Waals surface area contributed by atoms with E-state index >= 15 is 0 Å². The lowest BCUT2D eigenvalue weighted by Gasteiger charge is -2.24. The average Bonchev–Trinajstić information content (AvgIpc) is 3.19. The lowest BCUT2D eigenvalue weighted by Crippen LogP contribution is -2.36. The van der Waals surface area contributed by atoms with Crippen LogP contribution in [0, 0.1) is 6.92 Å². The number of rotatable bonds is 3. The van der Waals surface area contributed by atoms with E-state index in [4.69, 9.17) is 16.6 Å². The quantitative estimate of drug-likeness (QED) is 0.341. The molecule has 36 heavy (non-hydrogen) atoms. The molecule has 0 unspecified atom stereocenters. The Bertz CT molecular complexity index is 1580. The number of aromatic nitrogens is 4. The molecular weight excluding hydrogens is 472 g/mol. The van der Waals surface area contributed by atoms with E-state index in [1.54, 1.807) is 24.3 Å². The molecule has 2 aromatic heterocycles. The topological polar surface area (TPSA) is 66.6 Å². The van der Waals surface area contributed by atoms with Crippen LogP contribution in [-0.2, 0) is 0 Å². The van der Waals surface area contributed by atoms with Gasteiger partial charge in [-0.15, -0.1) is 10.2 Å². The molecule has 5 aromatic rings. The Labute approximate surface area is 214 Å². The second kappa shape index (κ2) is 9.24. The summed E-state index contributed by atoms with van der Waals surface area (Å²) in [6.07, 6.45) is 0.831. The van der Waals surface area contributed by atoms with Crippen molar-refractivity contribution in [3.63, 3.8) is 0 Å². The molecule has 0 aliphatic carbocycles. The van der Waals surface area contributed by atoms with Crippen molar-refractivity contribution in [2.75, 3.05) is 31.1 Å². The highest BCUT2D eigenvalue weighted by molar-refractivity contribution is 6.30. The van der Waals surface area contributed by atoms with Crippen LogP contribution in [-0.4, -0.2) is 56.6 Å². The first-order valence-corrected chi connectivity index (χ1v) is 12.5. The van der Waals surface area contributed by atoms with Gasteiger partial charge in [0.2, 0.25) is 5.95 Å². The molecular formula is C28H25ClN6O. The third kappa shape index (κ3) is 3.95. The Morgan fingerprint density at radius 3 is 2.47 bits per heavy atom. The smallest absolute Gasteiger partial charge is 0.253 e. The maximum atomic E-state index is 13.2. The van der Waals surface area contributed by atoms with Crippen LogP contribution < -0.4 is 4.90 Å². The van der Waals surface area contributed by atoms with Gasteiger partial charge in [0.25, 0.3) is 5.91 Å². The van der Waals surface area contributed by atoms with Crippen LogP contribution in [0.15, 0.2) is 72.8 Å². The van der Waals surface area contributed by atoms with Gasteiger partial charge in [-0.2, -0.15) is 0 Å². The van der Waals surface area contributed by atoms with E-state index in [1.807, 2.05) is 41.3 Å². The maximum absolute atomic E-state index is 13.2. The Hall–Kier alpha value is -3.97. The highest BCUT2D eigenvalue weighted by Gasteiger charge is 2.25. The van der Waals surface area contributed by atoms with Gasteiger partial charge in [-0.25, -0.2) is 9.38 Å². The average molecular weight is 497 g/mol. The van der Waals surface area contributed by atoms with Gasteiger partial charge in [0.05, 0.1) is 5.52 Å². The number of aryl methyl sites for hydroxylation is 1. The summed E-state index contributed by atoms with van der Waals surface area (Å²) in [4.78, 5) is 22.4. The molecule has 3 heterocycles. The maximum Gasteiger partial charge on any atom is 0.253 e. The summed E-state index contributed by atoms with van der Waals surface area (Å²) in [5.41, 5.74) is 4.47. The molecule has 1 aliphatic heterocycles. The van der Waals surface area contributed by atoms with Gasteiger partial charge in [-0.3, -0.25) is 4.79 Å². The summed E-state index contributed by atoms with van der Waals surface area (Å²) in [7, 11) is 0. The second-order valence-corrected chi connectivity index (χ2v) is 9.50. The number of hydrogen-bond donors (Lipinski definition) is 0. The molecule has 1 fully saturated rings. The second-order valence-electron chi connectivity index (χ2n) is 9.07. The third-order valence-corrected chi connectivity index (χ3v) is 7.02. The van der Waals surface area contributed by atoms with Crippen molar-refractivity contribution >= 4 is 40.0 Å². The number of para-hydroxylation sites is 1. The van der Waals surface area contributed by atoms with Crippen LogP contribution in [0.5, 0.6) is 0 Å². The Morgan fingerprint density at radius 2 is 1.64 bits per heavy atom. The number of nitrogens with zero attached hydrogens (tertiary/aromatic N) is 6. The zero-order chi connectivity index (χ0) is 24.6. The molecule has 180 valence electrons. The number of amides is 1. The highest BCUT2D eigenvalue weighted by Crippen LogP contribution is 2.30. The largest absolute Gasteiger partial charge is 0.340 e. The molecule has 0 bridgehead atoms. The van der Waals surface area contributed by atoms with Gasteiger partial charge in [0.1, 0.15) is 0 Å². The first-order chi connectivity index (χ1) is 17.6. The van der Waals surface area contributed by atoms with E-state index in [9.17, 15) is 4.79 Å². The number of benzene rings is 3. The Morgan fingerprint density at radius 1 is 0.861 bits per heavy atom. The summed E-state index contributed by atoms with van der Waals surface area (Å²) < 4.78 is 2.07. The van der Waals surface area contributed by atoms with Gasteiger partial charge in [0.15, 0.2) is 11.5 Å². The first-order valence-electron chi connectivity index (χ1n) is 12.1. The number of fused-ring (bicyclic) bond motifs is 3. The first kappa shape index (κ1) is 22.5. The van der Waals surface area contributed by atoms with Crippen molar-refractivity contribution in [3.8, 4) is 11.4 Å². The molecule has 0 radical (unpaired) electrons. The van der Waals surface area contributed by atoms with Crippen LogP contribution in [0.25, 0.3) is 27.9 Å². The van der Waals surface area contributed by atoms with E-state index < -0.39 is 0 Å². The van der Waals surface area contributed by atoms with Crippen molar-refractivity contribution in [3.05, 3.63) is 88.9 Å². The minimum Gasteiger partial charge on any atom is -0.340 e. The van der Waals surface area contributed by atoms with Crippen molar-refractivity contribution in [1.82, 2.24) is 24.5 Å². The van der Waals surface area contributed by atoms with Crippen molar-refractivity contribution in [1.29, 1.82) is 0 Å². The molecule has 6 rings (SSSR count). The third-order valence-electron chi connectivity index (χ3n) is 6.77. The van der Waals surface area contributed by atoms with E-state index in [1.165, 1.54) is 0 Å². The SMILES string of the molecule is Cc1ccccc1-c1nnc2c3ccccc3nc(N3CCCN(C(=O)c4ccc(Cl)cc4)CC3)n12. The lowest BCUT2D eigenvalue weighted by atomic mass is 10.1. The summed E-state index contributed by atoms with van der Waals surface area (Å²) in [5.74, 6) is 1.59. The highest BCUT2D eigenvalue weighted by atomic mass is 35.5. The van der Waals surface area contributed by atoms with Crippen molar-refractivity contribution < 1.29 is 4.79 Å². The predicted molar refractivity (Wildman–Crippen MR) is 143 cm³/mol. The zero-order valence-electron chi connectivity index (χ0n) is 19.9. The normalized spacial score (nSPS) is 14.4. The minimum atomic E-state index is 0.0232. The van der Waals surface area contributed by atoms with Gasteiger partial charge in [-0.1, -0.05) is 48.0 Å². The Balaban J connectivity index is 1.41. The molecule has 3 aromatic carbocycles. The van der Waals surface area contributed by atoms with Gasteiger partial charge in [0, 0.05) is 47.7 Å². The molecule has 7 nitrogen and oxygen atoms in total. The molecule has 0 saturated carbocycles. The zero-order valence-corrected chi connectivity index (χ0v) is 20.7. The molecule has 0 atom stereocenters. The number of anilines is 1. The van der Waals surface area contributed by atoms with Crippen LogP contribution >= 0.6 is 11.6 Å². The van der Waals surface area contributed by atoms with Crippen LogP contribution in [0.2, 0.25) is 5.02 Å². The number of carbonyl (C=O) groups excluding carboxylic acids is 1. The van der Waals surface area contributed by atoms with Crippen LogP contribution in [0.4, 0.5) is 5.95 Å². The standard InChI is InChI=1S/C28H25ClN6O/c1-19-7-2-3-8-22(19)25-31-32-26-23-9-4-5-10-24(23)30-28(35(25)26)34-16-6-15-33(17-18-34)27(36)20-11-13-21(29)14-12-20/h2-5,7-14H,6,15-18H2,1H3. The molecule has 1 saturated heterocycles. The van der Waals surface area contributed by atoms with Crippen molar-refractivity contribution in [2.45, 2.75) is 13.3 Å². The van der Waals surface area contributed by atoms with Gasteiger partial charge in [-0.05, 0) is 55.3 Å². The molecule has 1 amide bonds. The Kier molecular flexibility index (Phi) is 5.77. The fourth-order valence-electron chi connectivity index (χ4n) is 4.87. The summed E-state index contributed by atoms with van der Waals surface area (Å²) in [6, 6.07) is 23.3. The lowest BCUT2D eigenvalue weighted by molar-refractivity contribution is 0.0767. The number of hydrogen-bond acceptors (Lipinski definition) is 5. The van der Waals surface area contributed by atoms with Crippen LogP contribution in [0.1, 0.15) is 22.3 Å². The van der Waals surface area contributed by atoms with Crippen molar-refractivity contribution in [2.24, 2.45) is 0 Å². The number of carbonyl (C=O) groups is 1. The summed E-state index contributed by atoms with van der Waals surface area (Å²) in [6.45, 7) is 4.79. The van der Waals surface area contributed by atoms with E-state index in [-0.39, 0.29) is 5.91 Å². The molecule has 1 aliphatic rings. The minimum absolute atomic E-state index is 0.0232. The predicted octanol–water partition coefficient (Wildman–Crippen LogP) is 5.26. The number of halogens is 1. The molecule has 8 heteroatoms. The van der Waals surface area contributed by atoms with E-state index in [0.717, 1.165) is 52.4 Å². The van der Waals surface area contributed by atoms with Crippen LogP contribution in [0.3, 0.4) is 0 Å². The fraction of sp³-hybridized carbons (Fsp3) is 0.214. The monoisotopic (exact) mass is 496 g/mol.